The Morgan fingerprint density at radius 1 is 1.43 bits per heavy atom. The van der Waals surface area contributed by atoms with E-state index in [0.717, 1.165) is 12.8 Å². The van der Waals surface area contributed by atoms with Gasteiger partial charge in [0.15, 0.2) is 0 Å². The number of ether oxygens (including phenoxy) is 1. The van der Waals surface area contributed by atoms with E-state index < -0.39 is 0 Å². The molecular weight excluding hydrogens is 286 g/mol. The predicted molar refractivity (Wildman–Crippen MR) is 93.2 cm³/mol. The SMILES string of the molecule is CCC(OC(=O)N1CC=CC=C2C=C3CCCC3CC21)C(C)C. The average Bonchev–Trinajstić information content (AvgIpc) is 2.88. The molecule has 1 fully saturated rings. The molecule has 3 unspecified atom stereocenters. The van der Waals surface area contributed by atoms with Crippen molar-refractivity contribution in [2.45, 2.75) is 65.0 Å². The van der Waals surface area contributed by atoms with Gasteiger partial charge in [-0.05, 0) is 49.5 Å². The van der Waals surface area contributed by atoms with Crippen LogP contribution in [0, 0.1) is 11.8 Å². The number of nitrogens with zero attached hydrogens (tertiary/aromatic N) is 1. The van der Waals surface area contributed by atoms with Crippen molar-refractivity contribution in [3.05, 3.63) is 35.5 Å². The van der Waals surface area contributed by atoms with Crippen LogP contribution in [0.1, 0.15) is 52.9 Å². The molecule has 1 saturated carbocycles. The lowest BCUT2D eigenvalue weighted by molar-refractivity contribution is 0.0347. The van der Waals surface area contributed by atoms with Crippen molar-refractivity contribution in [3.8, 4) is 0 Å². The van der Waals surface area contributed by atoms with E-state index in [1.807, 2.05) is 4.90 Å². The third-order valence-electron chi connectivity index (χ3n) is 5.52. The van der Waals surface area contributed by atoms with Gasteiger partial charge in [-0.1, -0.05) is 50.6 Å². The zero-order valence-electron chi connectivity index (χ0n) is 14.6. The molecular formula is C20H29NO2. The highest BCUT2D eigenvalue weighted by Crippen LogP contribution is 2.42. The summed E-state index contributed by atoms with van der Waals surface area (Å²) in [6.07, 6.45) is 14.3. The first-order valence-corrected chi connectivity index (χ1v) is 9.14. The molecule has 23 heavy (non-hydrogen) atoms. The van der Waals surface area contributed by atoms with Crippen molar-refractivity contribution in [1.82, 2.24) is 4.90 Å². The molecule has 2 aliphatic carbocycles. The van der Waals surface area contributed by atoms with E-state index in [2.05, 4.69) is 45.1 Å². The van der Waals surface area contributed by atoms with Crippen molar-refractivity contribution in [1.29, 1.82) is 0 Å². The lowest BCUT2D eigenvalue weighted by Crippen LogP contribution is -2.45. The number of hydrogen-bond acceptors (Lipinski definition) is 2. The Morgan fingerprint density at radius 3 is 3.00 bits per heavy atom. The largest absolute Gasteiger partial charge is 0.446 e. The van der Waals surface area contributed by atoms with Crippen molar-refractivity contribution in [2.75, 3.05) is 6.54 Å². The molecule has 0 radical (unpaired) electrons. The summed E-state index contributed by atoms with van der Waals surface area (Å²) in [6.45, 7) is 6.96. The first-order chi connectivity index (χ1) is 11.1. The van der Waals surface area contributed by atoms with E-state index in [4.69, 9.17) is 4.74 Å². The summed E-state index contributed by atoms with van der Waals surface area (Å²) < 4.78 is 5.82. The number of allylic oxidation sites excluding steroid dienone is 3. The van der Waals surface area contributed by atoms with Crippen LogP contribution in [0.15, 0.2) is 35.5 Å². The van der Waals surface area contributed by atoms with E-state index in [0.29, 0.717) is 18.4 Å². The van der Waals surface area contributed by atoms with Crippen LogP contribution in [0.3, 0.4) is 0 Å². The summed E-state index contributed by atoms with van der Waals surface area (Å²) in [5.41, 5.74) is 2.87. The first kappa shape index (κ1) is 16.4. The lowest BCUT2D eigenvalue weighted by Gasteiger charge is -2.36. The summed E-state index contributed by atoms with van der Waals surface area (Å²) in [4.78, 5) is 14.7. The molecule has 1 amide bonds. The van der Waals surface area contributed by atoms with Crippen molar-refractivity contribution < 1.29 is 9.53 Å². The third kappa shape index (κ3) is 3.39. The van der Waals surface area contributed by atoms with Gasteiger partial charge in [-0.25, -0.2) is 4.79 Å². The zero-order chi connectivity index (χ0) is 16.4. The topological polar surface area (TPSA) is 29.5 Å². The Labute approximate surface area is 140 Å². The van der Waals surface area contributed by atoms with Gasteiger partial charge in [0.05, 0.1) is 6.04 Å². The third-order valence-corrected chi connectivity index (χ3v) is 5.52. The molecule has 0 aromatic heterocycles. The van der Waals surface area contributed by atoms with E-state index in [-0.39, 0.29) is 18.2 Å². The number of fused-ring (bicyclic) bond motifs is 2. The number of hydrogen-bond donors (Lipinski definition) is 0. The highest BCUT2D eigenvalue weighted by Gasteiger charge is 2.36. The van der Waals surface area contributed by atoms with Crippen LogP contribution < -0.4 is 0 Å². The van der Waals surface area contributed by atoms with Crippen molar-refractivity contribution in [2.24, 2.45) is 11.8 Å². The number of amides is 1. The quantitative estimate of drug-likeness (QED) is 0.744. The van der Waals surface area contributed by atoms with Crippen LogP contribution in [-0.4, -0.2) is 29.7 Å². The van der Waals surface area contributed by atoms with Crippen molar-refractivity contribution in [3.63, 3.8) is 0 Å². The van der Waals surface area contributed by atoms with Gasteiger partial charge >= 0.3 is 6.09 Å². The van der Waals surface area contributed by atoms with Crippen LogP contribution >= 0.6 is 0 Å². The number of carbonyl (C=O) groups is 1. The fraction of sp³-hybridized carbons (Fsp3) is 0.650. The van der Waals surface area contributed by atoms with E-state index in [9.17, 15) is 4.79 Å². The normalized spacial score (nSPS) is 27.7. The molecule has 0 aromatic rings. The monoisotopic (exact) mass is 315 g/mol. The first-order valence-electron chi connectivity index (χ1n) is 9.14. The van der Waals surface area contributed by atoms with Gasteiger partial charge < -0.3 is 4.74 Å². The standard InChI is InChI=1S/C20H29NO2/c1-4-19(14(2)3)23-20(22)21-11-6-5-8-17-12-15-9-7-10-16(15)13-18(17)21/h5-6,8,12,14,16,18-19H,4,7,9-11,13H2,1-3H3. The van der Waals surface area contributed by atoms with Crippen LogP contribution in [-0.2, 0) is 4.74 Å². The van der Waals surface area contributed by atoms with E-state index >= 15 is 0 Å². The van der Waals surface area contributed by atoms with E-state index in [1.165, 1.54) is 24.8 Å². The van der Waals surface area contributed by atoms with Crippen LogP contribution in [0.5, 0.6) is 0 Å². The zero-order valence-corrected chi connectivity index (χ0v) is 14.6. The van der Waals surface area contributed by atoms with Gasteiger partial charge in [-0.15, -0.1) is 0 Å². The lowest BCUT2D eigenvalue weighted by atomic mass is 9.83. The maximum atomic E-state index is 12.8. The second-order valence-electron chi connectivity index (χ2n) is 7.38. The minimum absolute atomic E-state index is 0.00309. The highest BCUT2D eigenvalue weighted by atomic mass is 16.6. The Kier molecular flexibility index (Phi) is 4.93. The molecule has 0 aromatic carbocycles. The molecule has 3 aliphatic rings. The molecule has 3 nitrogen and oxygen atoms in total. The van der Waals surface area contributed by atoms with Crippen molar-refractivity contribution >= 4 is 6.09 Å². The fourth-order valence-electron chi connectivity index (χ4n) is 4.15. The maximum absolute atomic E-state index is 12.8. The Morgan fingerprint density at radius 2 is 2.26 bits per heavy atom. The molecule has 3 atom stereocenters. The van der Waals surface area contributed by atoms with Gasteiger partial charge in [-0.2, -0.15) is 0 Å². The van der Waals surface area contributed by atoms with Gasteiger partial charge in [0.25, 0.3) is 0 Å². The second-order valence-corrected chi connectivity index (χ2v) is 7.38. The minimum Gasteiger partial charge on any atom is -0.446 e. The summed E-state index contributed by atoms with van der Waals surface area (Å²) in [5.74, 6) is 1.02. The van der Waals surface area contributed by atoms with Gasteiger partial charge in [-0.3, -0.25) is 4.90 Å². The molecule has 0 spiro atoms. The molecule has 3 rings (SSSR count). The minimum atomic E-state index is -0.150. The summed E-state index contributed by atoms with van der Waals surface area (Å²) >= 11 is 0. The Bertz CT molecular complexity index is 544. The molecule has 0 saturated heterocycles. The number of carbonyl (C=O) groups excluding carboxylic acids is 1. The van der Waals surface area contributed by atoms with Gasteiger partial charge in [0.2, 0.25) is 0 Å². The number of rotatable bonds is 3. The fourth-order valence-corrected chi connectivity index (χ4v) is 4.15. The average molecular weight is 315 g/mol. The highest BCUT2D eigenvalue weighted by molar-refractivity contribution is 5.70. The molecule has 1 aliphatic heterocycles. The Hall–Kier alpha value is -1.51. The summed E-state index contributed by atoms with van der Waals surface area (Å²) in [6, 6.07) is 0.175. The van der Waals surface area contributed by atoms with Gasteiger partial charge in [0.1, 0.15) is 6.10 Å². The summed E-state index contributed by atoms with van der Waals surface area (Å²) in [7, 11) is 0. The maximum Gasteiger partial charge on any atom is 0.410 e. The molecule has 126 valence electrons. The molecule has 0 bridgehead atoms. The summed E-state index contributed by atoms with van der Waals surface area (Å²) in [5, 5.41) is 0. The molecule has 1 heterocycles. The molecule has 0 N–H and O–H groups in total. The van der Waals surface area contributed by atoms with Gasteiger partial charge in [0, 0.05) is 6.54 Å². The predicted octanol–water partition coefficient (Wildman–Crippen LogP) is 4.85. The molecule has 3 heteroatoms. The van der Waals surface area contributed by atoms with Crippen LogP contribution in [0.25, 0.3) is 0 Å². The second kappa shape index (κ2) is 6.94. The smallest absolute Gasteiger partial charge is 0.410 e. The van der Waals surface area contributed by atoms with Crippen LogP contribution in [0.4, 0.5) is 4.79 Å². The van der Waals surface area contributed by atoms with E-state index in [1.54, 1.807) is 5.57 Å². The Balaban J connectivity index is 1.78. The van der Waals surface area contributed by atoms with Crippen LogP contribution in [0.2, 0.25) is 0 Å².